The van der Waals surface area contributed by atoms with Gasteiger partial charge in [0, 0.05) is 52.6 Å². The number of ether oxygens (including phenoxy) is 2. The molecule has 1 saturated heterocycles. The van der Waals surface area contributed by atoms with Crippen LogP contribution in [0.4, 0.5) is 0 Å². The zero-order valence-corrected chi connectivity index (χ0v) is 16.2. The Bertz CT molecular complexity index is 542. The summed E-state index contributed by atoms with van der Waals surface area (Å²) in [7, 11) is 0. The lowest BCUT2D eigenvalue weighted by Crippen LogP contribution is -2.41. The molecule has 1 aliphatic rings. The molecule has 2 rings (SSSR count). The van der Waals surface area contributed by atoms with E-state index in [9.17, 15) is 4.79 Å². The Hall–Kier alpha value is -2.06. The second kappa shape index (κ2) is 13.2. The van der Waals surface area contributed by atoms with E-state index in [1.807, 2.05) is 6.92 Å². The predicted octanol–water partition coefficient (Wildman–Crippen LogP) is 1.40. The molecule has 0 aromatic carbocycles. The van der Waals surface area contributed by atoms with E-state index in [0.29, 0.717) is 31.3 Å². The van der Waals surface area contributed by atoms with E-state index in [0.717, 1.165) is 58.2 Å². The summed E-state index contributed by atoms with van der Waals surface area (Å²) in [5.41, 5.74) is 0. The van der Waals surface area contributed by atoms with Gasteiger partial charge in [-0.3, -0.25) is 9.79 Å². The first-order valence-corrected chi connectivity index (χ1v) is 9.79. The molecule has 0 radical (unpaired) electrons. The number of rotatable bonds is 11. The van der Waals surface area contributed by atoms with Crippen molar-refractivity contribution < 1.29 is 18.7 Å². The maximum absolute atomic E-state index is 11.8. The van der Waals surface area contributed by atoms with Gasteiger partial charge in [0.25, 0.3) is 5.91 Å². The Morgan fingerprint density at radius 1 is 1.26 bits per heavy atom. The van der Waals surface area contributed by atoms with Crippen LogP contribution in [0.5, 0.6) is 0 Å². The summed E-state index contributed by atoms with van der Waals surface area (Å²) in [5.74, 6) is 1.48. The molecule has 8 nitrogen and oxygen atoms in total. The Kier molecular flexibility index (Phi) is 10.4. The quantitative estimate of drug-likeness (QED) is 0.305. The third kappa shape index (κ3) is 8.92. The summed E-state index contributed by atoms with van der Waals surface area (Å²) in [4.78, 5) is 16.3. The minimum absolute atomic E-state index is 0.217. The monoisotopic (exact) mass is 380 g/mol. The number of amides is 1. The number of hydrogen-bond acceptors (Lipinski definition) is 5. The molecule has 1 aromatic rings. The molecule has 8 heteroatoms. The molecule has 0 spiro atoms. The van der Waals surface area contributed by atoms with Crippen molar-refractivity contribution in [2.75, 3.05) is 52.6 Å². The lowest BCUT2D eigenvalue weighted by Gasteiger charge is -2.21. The smallest absolute Gasteiger partial charge is 0.287 e. The maximum Gasteiger partial charge on any atom is 0.287 e. The van der Waals surface area contributed by atoms with Gasteiger partial charge in [-0.15, -0.1) is 0 Å². The molecule has 0 unspecified atom stereocenters. The van der Waals surface area contributed by atoms with E-state index in [4.69, 9.17) is 13.9 Å². The highest BCUT2D eigenvalue weighted by molar-refractivity contribution is 5.91. The number of furan rings is 1. The highest BCUT2D eigenvalue weighted by Crippen LogP contribution is 2.14. The highest BCUT2D eigenvalue weighted by Gasteiger charge is 2.13. The summed E-state index contributed by atoms with van der Waals surface area (Å²) >= 11 is 0. The summed E-state index contributed by atoms with van der Waals surface area (Å²) in [5, 5.41) is 9.19. The van der Waals surface area contributed by atoms with E-state index in [1.165, 1.54) is 6.26 Å². The van der Waals surface area contributed by atoms with Gasteiger partial charge in [0.05, 0.1) is 6.26 Å². The SMILES string of the molecule is CCNC(=NCCCOCC1CCOCC1)NCCNC(=O)c1ccco1. The van der Waals surface area contributed by atoms with Crippen LogP contribution < -0.4 is 16.0 Å². The number of carbonyl (C=O) groups is 1. The molecule has 0 atom stereocenters. The first-order chi connectivity index (χ1) is 13.3. The number of carbonyl (C=O) groups excluding carboxylic acids is 1. The molecule has 1 amide bonds. The van der Waals surface area contributed by atoms with Crippen LogP contribution in [0, 0.1) is 5.92 Å². The molecule has 1 fully saturated rings. The van der Waals surface area contributed by atoms with Crippen molar-refractivity contribution in [3.8, 4) is 0 Å². The van der Waals surface area contributed by atoms with Gasteiger partial charge >= 0.3 is 0 Å². The minimum Gasteiger partial charge on any atom is -0.459 e. The van der Waals surface area contributed by atoms with E-state index < -0.39 is 0 Å². The molecule has 3 N–H and O–H groups in total. The number of nitrogens with zero attached hydrogens (tertiary/aromatic N) is 1. The summed E-state index contributed by atoms with van der Waals surface area (Å²) < 4.78 is 16.2. The number of nitrogens with one attached hydrogen (secondary N) is 3. The Balaban J connectivity index is 1.54. The first kappa shape index (κ1) is 21.2. The molecular weight excluding hydrogens is 348 g/mol. The third-order valence-corrected chi connectivity index (χ3v) is 4.20. The van der Waals surface area contributed by atoms with E-state index in [1.54, 1.807) is 12.1 Å². The van der Waals surface area contributed by atoms with E-state index in [-0.39, 0.29) is 5.91 Å². The topological polar surface area (TPSA) is 97.1 Å². The zero-order chi connectivity index (χ0) is 19.2. The number of hydrogen-bond donors (Lipinski definition) is 3. The second-order valence-electron chi connectivity index (χ2n) is 6.40. The molecule has 1 aromatic heterocycles. The molecule has 0 aliphatic carbocycles. The van der Waals surface area contributed by atoms with Gasteiger partial charge in [0.2, 0.25) is 0 Å². The highest BCUT2D eigenvalue weighted by atomic mass is 16.5. The standard InChI is InChI=1S/C19H32N4O4/c1-2-20-19(23-10-9-21-18(24)17-5-3-12-27-17)22-8-4-11-26-15-16-6-13-25-14-7-16/h3,5,12,16H,2,4,6-11,13-15H2,1H3,(H,21,24)(H2,20,22,23). The average molecular weight is 380 g/mol. The van der Waals surface area contributed by atoms with Gasteiger partial charge in [-0.1, -0.05) is 0 Å². The maximum atomic E-state index is 11.8. The van der Waals surface area contributed by atoms with Gasteiger partial charge in [-0.25, -0.2) is 0 Å². The van der Waals surface area contributed by atoms with Crippen molar-refractivity contribution in [2.24, 2.45) is 10.9 Å². The molecule has 27 heavy (non-hydrogen) atoms. The van der Waals surface area contributed by atoms with E-state index >= 15 is 0 Å². The normalized spacial score (nSPS) is 15.5. The Morgan fingerprint density at radius 3 is 2.81 bits per heavy atom. The van der Waals surface area contributed by atoms with Gasteiger partial charge in [-0.2, -0.15) is 0 Å². The van der Waals surface area contributed by atoms with Crippen LogP contribution in [-0.4, -0.2) is 64.5 Å². The van der Waals surface area contributed by atoms with Gasteiger partial charge in [0.15, 0.2) is 11.7 Å². The van der Waals surface area contributed by atoms with E-state index in [2.05, 4.69) is 20.9 Å². The van der Waals surface area contributed by atoms with Crippen LogP contribution in [0.25, 0.3) is 0 Å². The fraction of sp³-hybridized carbons (Fsp3) is 0.684. The van der Waals surface area contributed by atoms with Gasteiger partial charge < -0.3 is 29.8 Å². The molecule has 2 heterocycles. The van der Waals surface area contributed by atoms with Crippen LogP contribution in [-0.2, 0) is 9.47 Å². The number of guanidine groups is 1. The van der Waals surface area contributed by atoms with Crippen LogP contribution in [0.1, 0.15) is 36.7 Å². The van der Waals surface area contributed by atoms with Gasteiger partial charge in [-0.05, 0) is 44.2 Å². The van der Waals surface area contributed by atoms with Crippen molar-refractivity contribution in [1.82, 2.24) is 16.0 Å². The fourth-order valence-corrected chi connectivity index (χ4v) is 2.71. The molecule has 1 aliphatic heterocycles. The van der Waals surface area contributed by atoms with Crippen LogP contribution in [0.15, 0.2) is 27.8 Å². The summed E-state index contributed by atoms with van der Waals surface area (Å²) in [6.07, 6.45) is 4.57. The lowest BCUT2D eigenvalue weighted by molar-refractivity contribution is 0.0205. The van der Waals surface area contributed by atoms with Crippen molar-refractivity contribution in [3.05, 3.63) is 24.2 Å². The molecule has 0 saturated carbocycles. The van der Waals surface area contributed by atoms with Gasteiger partial charge in [0.1, 0.15) is 0 Å². The van der Waals surface area contributed by atoms with Crippen LogP contribution in [0.2, 0.25) is 0 Å². The summed E-state index contributed by atoms with van der Waals surface area (Å²) in [6, 6.07) is 3.33. The minimum atomic E-state index is -0.217. The zero-order valence-electron chi connectivity index (χ0n) is 16.2. The first-order valence-electron chi connectivity index (χ1n) is 9.79. The molecule has 0 bridgehead atoms. The largest absolute Gasteiger partial charge is 0.459 e. The average Bonchev–Trinajstić information content (AvgIpc) is 3.23. The second-order valence-corrected chi connectivity index (χ2v) is 6.40. The lowest BCUT2D eigenvalue weighted by atomic mass is 10.0. The third-order valence-electron chi connectivity index (χ3n) is 4.20. The Labute approximate surface area is 161 Å². The summed E-state index contributed by atoms with van der Waals surface area (Å²) in [6.45, 7) is 7.83. The van der Waals surface area contributed by atoms with Crippen LogP contribution in [0.3, 0.4) is 0 Å². The van der Waals surface area contributed by atoms with Crippen molar-refractivity contribution in [2.45, 2.75) is 26.2 Å². The van der Waals surface area contributed by atoms with Crippen molar-refractivity contribution in [3.63, 3.8) is 0 Å². The van der Waals surface area contributed by atoms with Crippen LogP contribution >= 0.6 is 0 Å². The molecule has 152 valence electrons. The van der Waals surface area contributed by atoms with Crippen molar-refractivity contribution >= 4 is 11.9 Å². The fourth-order valence-electron chi connectivity index (χ4n) is 2.71. The number of aliphatic imine (C=N–C) groups is 1. The Morgan fingerprint density at radius 2 is 2.07 bits per heavy atom. The predicted molar refractivity (Wildman–Crippen MR) is 104 cm³/mol. The molecular formula is C19H32N4O4. The van der Waals surface area contributed by atoms with Crippen molar-refractivity contribution in [1.29, 1.82) is 0 Å².